The second-order valence-corrected chi connectivity index (χ2v) is 7.44. The highest BCUT2D eigenvalue weighted by atomic mass is 35.5. The normalized spacial score (nSPS) is 17.7. The highest BCUT2D eigenvalue weighted by molar-refractivity contribution is 7.89. The fraction of sp³-hybridized carbons (Fsp3) is 0.462. The molecule has 0 aliphatic carbocycles. The van der Waals surface area contributed by atoms with Crippen LogP contribution in [0, 0.1) is 5.92 Å². The number of halogens is 2. The van der Waals surface area contributed by atoms with Crippen molar-refractivity contribution in [1.29, 1.82) is 0 Å². The average molecular weight is 352 g/mol. The SMILES string of the molecule is COC(=O)C1CCN(S(=O)(=O)c2cccc(Cl)c2Cl)CC1. The zero-order chi connectivity index (χ0) is 15.6. The first-order valence-electron chi connectivity index (χ1n) is 6.40. The van der Waals surface area contributed by atoms with Crippen molar-refractivity contribution in [1.82, 2.24) is 4.31 Å². The van der Waals surface area contributed by atoms with E-state index < -0.39 is 10.0 Å². The van der Waals surface area contributed by atoms with Crippen LogP contribution in [0.4, 0.5) is 0 Å². The maximum atomic E-state index is 12.6. The largest absolute Gasteiger partial charge is 0.469 e. The molecular weight excluding hydrogens is 337 g/mol. The lowest BCUT2D eigenvalue weighted by Gasteiger charge is -2.30. The van der Waals surface area contributed by atoms with Gasteiger partial charge in [0.1, 0.15) is 4.90 Å². The van der Waals surface area contributed by atoms with Gasteiger partial charge in [-0.05, 0) is 25.0 Å². The molecule has 116 valence electrons. The maximum absolute atomic E-state index is 12.6. The number of carbonyl (C=O) groups excluding carboxylic acids is 1. The summed E-state index contributed by atoms with van der Waals surface area (Å²) in [6, 6.07) is 4.50. The molecule has 1 aliphatic rings. The van der Waals surface area contributed by atoms with Crippen molar-refractivity contribution in [3.05, 3.63) is 28.2 Å². The molecule has 1 heterocycles. The number of rotatable bonds is 3. The number of piperidine rings is 1. The molecule has 0 amide bonds. The van der Waals surface area contributed by atoms with E-state index in [1.165, 1.54) is 23.5 Å². The third-order valence-electron chi connectivity index (χ3n) is 3.52. The fourth-order valence-electron chi connectivity index (χ4n) is 2.32. The number of nitrogens with zero attached hydrogens (tertiary/aromatic N) is 1. The molecule has 8 heteroatoms. The van der Waals surface area contributed by atoms with E-state index in [2.05, 4.69) is 4.74 Å². The van der Waals surface area contributed by atoms with Crippen molar-refractivity contribution in [3.63, 3.8) is 0 Å². The van der Waals surface area contributed by atoms with E-state index in [0.717, 1.165) is 0 Å². The average Bonchev–Trinajstić information content (AvgIpc) is 2.49. The van der Waals surface area contributed by atoms with E-state index in [4.69, 9.17) is 23.2 Å². The van der Waals surface area contributed by atoms with Crippen LogP contribution in [-0.2, 0) is 19.6 Å². The summed E-state index contributed by atoms with van der Waals surface area (Å²) in [5.41, 5.74) is 0. The van der Waals surface area contributed by atoms with Gasteiger partial charge in [-0.3, -0.25) is 4.79 Å². The number of methoxy groups -OCH3 is 1. The summed E-state index contributed by atoms with van der Waals surface area (Å²) in [6.45, 7) is 0.510. The molecule has 0 aromatic heterocycles. The Bertz CT molecular complexity index is 640. The van der Waals surface area contributed by atoms with E-state index in [-0.39, 0.29) is 39.9 Å². The van der Waals surface area contributed by atoms with Crippen LogP contribution in [0.15, 0.2) is 23.1 Å². The summed E-state index contributed by atoms with van der Waals surface area (Å²) in [4.78, 5) is 11.5. The lowest BCUT2D eigenvalue weighted by Crippen LogP contribution is -2.40. The minimum absolute atomic E-state index is 0.00631. The van der Waals surface area contributed by atoms with Crippen LogP contribution in [0.2, 0.25) is 10.0 Å². The Morgan fingerprint density at radius 1 is 1.29 bits per heavy atom. The summed E-state index contributed by atoms with van der Waals surface area (Å²) in [5.74, 6) is -0.552. The van der Waals surface area contributed by atoms with Gasteiger partial charge in [0.2, 0.25) is 10.0 Å². The molecule has 0 saturated carbocycles. The zero-order valence-corrected chi connectivity index (χ0v) is 13.7. The van der Waals surface area contributed by atoms with Crippen molar-refractivity contribution in [3.8, 4) is 0 Å². The van der Waals surface area contributed by atoms with Gasteiger partial charge >= 0.3 is 5.97 Å². The van der Waals surface area contributed by atoms with Crippen LogP contribution in [0.3, 0.4) is 0 Å². The first-order valence-corrected chi connectivity index (χ1v) is 8.59. The first kappa shape index (κ1) is 16.5. The molecule has 0 N–H and O–H groups in total. The maximum Gasteiger partial charge on any atom is 0.308 e. The number of sulfonamides is 1. The highest BCUT2D eigenvalue weighted by Gasteiger charge is 2.33. The molecule has 0 spiro atoms. The molecule has 0 bridgehead atoms. The van der Waals surface area contributed by atoms with Gasteiger partial charge in [-0.1, -0.05) is 29.3 Å². The summed E-state index contributed by atoms with van der Waals surface area (Å²) >= 11 is 11.9. The minimum atomic E-state index is -3.71. The fourth-order valence-corrected chi connectivity index (χ4v) is 4.53. The molecule has 1 saturated heterocycles. The van der Waals surface area contributed by atoms with E-state index >= 15 is 0 Å². The van der Waals surface area contributed by atoms with Crippen molar-refractivity contribution >= 4 is 39.2 Å². The Balaban J connectivity index is 2.19. The van der Waals surface area contributed by atoms with E-state index in [1.54, 1.807) is 6.07 Å². The van der Waals surface area contributed by atoms with Gasteiger partial charge in [0.05, 0.1) is 23.1 Å². The lowest BCUT2D eigenvalue weighted by atomic mass is 9.99. The molecule has 5 nitrogen and oxygen atoms in total. The van der Waals surface area contributed by atoms with Crippen LogP contribution in [0.1, 0.15) is 12.8 Å². The smallest absolute Gasteiger partial charge is 0.308 e. The van der Waals surface area contributed by atoms with Crippen molar-refractivity contribution in [2.75, 3.05) is 20.2 Å². The van der Waals surface area contributed by atoms with Gasteiger partial charge in [0.25, 0.3) is 0 Å². The molecule has 0 unspecified atom stereocenters. The van der Waals surface area contributed by atoms with Crippen LogP contribution >= 0.6 is 23.2 Å². The third-order valence-corrected chi connectivity index (χ3v) is 6.39. The lowest BCUT2D eigenvalue weighted by molar-refractivity contribution is -0.146. The zero-order valence-electron chi connectivity index (χ0n) is 11.4. The van der Waals surface area contributed by atoms with Crippen molar-refractivity contribution < 1.29 is 17.9 Å². The number of hydrogen-bond donors (Lipinski definition) is 0. The summed E-state index contributed by atoms with van der Waals surface area (Å²) in [7, 11) is -2.38. The number of esters is 1. The Kier molecular flexibility index (Phi) is 5.14. The predicted molar refractivity (Wildman–Crippen MR) is 80.0 cm³/mol. The molecule has 1 fully saturated rings. The summed E-state index contributed by atoms with van der Waals surface area (Å²) < 4.78 is 31.2. The highest BCUT2D eigenvalue weighted by Crippen LogP contribution is 2.32. The second kappa shape index (κ2) is 6.52. The van der Waals surface area contributed by atoms with Gasteiger partial charge in [-0.15, -0.1) is 0 Å². The van der Waals surface area contributed by atoms with Crippen molar-refractivity contribution in [2.45, 2.75) is 17.7 Å². The molecule has 0 radical (unpaired) electrons. The van der Waals surface area contributed by atoms with E-state index in [9.17, 15) is 13.2 Å². The van der Waals surface area contributed by atoms with Crippen LogP contribution in [-0.4, -0.2) is 38.9 Å². The number of hydrogen-bond acceptors (Lipinski definition) is 4. The monoisotopic (exact) mass is 351 g/mol. The van der Waals surface area contributed by atoms with Crippen LogP contribution in [0.5, 0.6) is 0 Å². The molecule has 21 heavy (non-hydrogen) atoms. The topological polar surface area (TPSA) is 63.7 Å². The Morgan fingerprint density at radius 3 is 2.48 bits per heavy atom. The summed E-state index contributed by atoms with van der Waals surface area (Å²) in [5, 5.41) is 0.219. The first-order chi connectivity index (χ1) is 9.87. The predicted octanol–water partition coefficient (Wildman–Crippen LogP) is 2.57. The van der Waals surface area contributed by atoms with Crippen LogP contribution < -0.4 is 0 Å². The third kappa shape index (κ3) is 3.34. The van der Waals surface area contributed by atoms with Gasteiger partial charge in [-0.25, -0.2) is 8.42 Å². The summed E-state index contributed by atoms with van der Waals surface area (Å²) in [6.07, 6.45) is 0.869. The standard InChI is InChI=1S/C13H15Cl2NO4S/c1-20-13(17)9-5-7-16(8-6-9)21(18,19)11-4-2-3-10(14)12(11)15/h2-4,9H,5-8H2,1H3. The minimum Gasteiger partial charge on any atom is -0.469 e. The van der Waals surface area contributed by atoms with Crippen LogP contribution in [0.25, 0.3) is 0 Å². The molecule has 1 aromatic rings. The molecule has 0 atom stereocenters. The molecular formula is C13H15Cl2NO4S. The number of carbonyl (C=O) groups is 1. The number of ether oxygens (including phenoxy) is 1. The quantitative estimate of drug-likeness (QED) is 0.785. The van der Waals surface area contributed by atoms with Gasteiger partial charge in [-0.2, -0.15) is 4.31 Å². The second-order valence-electron chi connectivity index (χ2n) is 4.75. The van der Waals surface area contributed by atoms with E-state index in [0.29, 0.717) is 12.8 Å². The van der Waals surface area contributed by atoms with Gasteiger partial charge < -0.3 is 4.74 Å². The van der Waals surface area contributed by atoms with Crippen molar-refractivity contribution in [2.24, 2.45) is 5.92 Å². The molecule has 1 aromatic carbocycles. The van der Waals surface area contributed by atoms with Gasteiger partial charge in [0, 0.05) is 13.1 Å². The van der Waals surface area contributed by atoms with Gasteiger partial charge in [0.15, 0.2) is 0 Å². The number of benzene rings is 1. The van der Waals surface area contributed by atoms with E-state index in [1.807, 2.05) is 0 Å². The molecule has 1 aliphatic heterocycles. The molecule has 2 rings (SSSR count). The Labute approximate surface area is 133 Å². The Hall–Kier alpha value is -0.820. The Morgan fingerprint density at radius 2 is 1.90 bits per heavy atom.